The number of ketones is 1. The van der Waals surface area contributed by atoms with Crippen LogP contribution in [0.25, 0.3) is 5.76 Å². The molecule has 0 aromatic heterocycles. The van der Waals surface area contributed by atoms with Crippen LogP contribution >= 0.6 is 0 Å². The summed E-state index contributed by atoms with van der Waals surface area (Å²) in [6, 6.07) is 10.6. The van der Waals surface area contributed by atoms with Gasteiger partial charge in [0.25, 0.3) is 11.7 Å². The van der Waals surface area contributed by atoms with Crippen LogP contribution < -0.4 is 9.64 Å². The summed E-state index contributed by atoms with van der Waals surface area (Å²) in [5.41, 5.74) is 1.83. The predicted molar refractivity (Wildman–Crippen MR) is 114 cm³/mol. The fourth-order valence-electron chi connectivity index (χ4n) is 3.96. The number of benzene rings is 2. The number of rotatable bonds is 5. The quantitative estimate of drug-likeness (QED) is 0.432. The number of phenols is 1. The number of amides is 1. The summed E-state index contributed by atoms with van der Waals surface area (Å²) in [6.45, 7) is 1.69. The monoisotopic (exact) mass is 424 g/mol. The number of Topliss-reactive ketones (excluding diaryl/α,β-unsaturated/α-hetero) is 1. The molecule has 2 aromatic rings. The van der Waals surface area contributed by atoms with E-state index >= 15 is 0 Å². The molecule has 0 aliphatic carbocycles. The van der Waals surface area contributed by atoms with Gasteiger partial charge in [0.15, 0.2) is 0 Å². The highest BCUT2D eigenvalue weighted by Crippen LogP contribution is 2.41. The van der Waals surface area contributed by atoms with E-state index in [9.17, 15) is 19.8 Å². The van der Waals surface area contributed by atoms with Crippen molar-refractivity contribution in [3.8, 4) is 11.5 Å². The zero-order valence-electron chi connectivity index (χ0n) is 17.4. The van der Waals surface area contributed by atoms with Gasteiger partial charge in [0.2, 0.25) is 0 Å². The van der Waals surface area contributed by atoms with Crippen molar-refractivity contribution in [3.05, 3.63) is 59.2 Å². The highest BCUT2D eigenvalue weighted by molar-refractivity contribution is 6.46. The van der Waals surface area contributed by atoms with Gasteiger partial charge in [0.05, 0.1) is 30.5 Å². The number of phenolic OH excluding ortho intramolecular Hbond substituents is 1. The fraction of sp³-hybridized carbons (Fsp3) is 0.304. The number of anilines is 1. The van der Waals surface area contributed by atoms with Gasteiger partial charge in [-0.2, -0.15) is 0 Å². The molecule has 0 spiro atoms. The molecule has 8 heteroatoms. The van der Waals surface area contributed by atoms with E-state index in [4.69, 9.17) is 9.47 Å². The molecule has 1 unspecified atom stereocenters. The number of ether oxygens (including phenoxy) is 2. The Hall–Kier alpha value is -3.52. The average Bonchev–Trinajstić information content (AvgIpc) is 3.02. The lowest BCUT2D eigenvalue weighted by Gasteiger charge is -2.28. The second kappa shape index (κ2) is 8.31. The Labute approximate surface area is 179 Å². The van der Waals surface area contributed by atoms with Gasteiger partial charge in [-0.3, -0.25) is 9.59 Å². The molecule has 2 aromatic carbocycles. The summed E-state index contributed by atoms with van der Waals surface area (Å²) in [5.74, 6) is -0.946. The molecule has 162 valence electrons. The van der Waals surface area contributed by atoms with Gasteiger partial charge >= 0.3 is 0 Å². The van der Waals surface area contributed by atoms with Gasteiger partial charge in [-0.15, -0.1) is 0 Å². The van der Waals surface area contributed by atoms with E-state index in [2.05, 4.69) is 0 Å². The molecule has 4 rings (SSSR count). The lowest BCUT2D eigenvalue weighted by atomic mass is 9.95. The molecule has 1 saturated heterocycles. The van der Waals surface area contributed by atoms with Crippen LogP contribution in [0.15, 0.2) is 48.0 Å². The van der Waals surface area contributed by atoms with Crippen molar-refractivity contribution < 1.29 is 29.3 Å². The van der Waals surface area contributed by atoms with Crippen molar-refractivity contribution in [2.45, 2.75) is 6.04 Å². The highest BCUT2D eigenvalue weighted by atomic mass is 16.5. The number of nitrogens with zero attached hydrogens (tertiary/aromatic N) is 2. The molecule has 0 radical (unpaired) electrons. The van der Waals surface area contributed by atoms with Crippen LogP contribution in [0.3, 0.4) is 0 Å². The lowest BCUT2D eigenvalue weighted by molar-refractivity contribution is -0.140. The van der Waals surface area contributed by atoms with Crippen molar-refractivity contribution in [2.75, 3.05) is 45.4 Å². The first kappa shape index (κ1) is 20.7. The minimum absolute atomic E-state index is 0.00567. The summed E-state index contributed by atoms with van der Waals surface area (Å²) >= 11 is 0. The molecule has 1 amide bonds. The van der Waals surface area contributed by atoms with Crippen LogP contribution in [-0.4, -0.2) is 67.3 Å². The second-order valence-corrected chi connectivity index (χ2v) is 7.53. The molecular weight excluding hydrogens is 400 g/mol. The molecule has 2 aliphatic rings. The molecule has 1 fully saturated rings. The van der Waals surface area contributed by atoms with Gasteiger partial charge < -0.3 is 29.5 Å². The Bertz CT molecular complexity index is 1050. The van der Waals surface area contributed by atoms with E-state index in [0.717, 1.165) is 5.69 Å². The number of hydrogen-bond donors (Lipinski definition) is 2. The molecule has 0 bridgehead atoms. The first-order valence-corrected chi connectivity index (χ1v) is 9.97. The van der Waals surface area contributed by atoms with E-state index < -0.39 is 17.7 Å². The Morgan fingerprint density at radius 3 is 2.65 bits per heavy atom. The Kier molecular flexibility index (Phi) is 5.56. The van der Waals surface area contributed by atoms with Crippen LogP contribution in [0.5, 0.6) is 11.5 Å². The fourth-order valence-corrected chi connectivity index (χ4v) is 3.96. The first-order valence-electron chi connectivity index (χ1n) is 9.97. The van der Waals surface area contributed by atoms with Gasteiger partial charge in [0.1, 0.15) is 23.9 Å². The number of hydrogen-bond acceptors (Lipinski definition) is 7. The third-order valence-electron chi connectivity index (χ3n) is 5.61. The number of carbonyl (C=O) groups is 2. The van der Waals surface area contributed by atoms with E-state index in [1.165, 1.54) is 24.1 Å². The van der Waals surface area contributed by atoms with Gasteiger partial charge in [0, 0.05) is 26.3 Å². The van der Waals surface area contributed by atoms with E-state index in [0.29, 0.717) is 30.0 Å². The van der Waals surface area contributed by atoms with Crippen molar-refractivity contribution in [1.29, 1.82) is 0 Å². The number of carbonyl (C=O) groups excluding carboxylic acids is 2. The number of methoxy groups -OCH3 is 1. The molecule has 2 N–H and O–H groups in total. The van der Waals surface area contributed by atoms with Gasteiger partial charge in [-0.25, -0.2) is 0 Å². The molecule has 2 heterocycles. The zero-order valence-corrected chi connectivity index (χ0v) is 17.4. The smallest absolute Gasteiger partial charge is 0.295 e. The molecule has 0 saturated carbocycles. The zero-order chi connectivity index (χ0) is 22.1. The SMILES string of the molecule is COCCN1C(=O)C(=O)/C(=C(\O)c2ccc3c(c2)N(C)CCO3)C1c1ccc(O)cc1. The molecule has 1 atom stereocenters. The van der Waals surface area contributed by atoms with Crippen LogP contribution in [0.1, 0.15) is 17.2 Å². The number of fused-ring (bicyclic) bond motifs is 1. The van der Waals surface area contributed by atoms with Crippen LogP contribution in [0, 0.1) is 0 Å². The van der Waals surface area contributed by atoms with Crippen molar-refractivity contribution >= 4 is 23.1 Å². The molecule has 8 nitrogen and oxygen atoms in total. The summed E-state index contributed by atoms with van der Waals surface area (Å²) < 4.78 is 10.8. The first-order chi connectivity index (χ1) is 14.9. The largest absolute Gasteiger partial charge is 0.508 e. The summed E-state index contributed by atoms with van der Waals surface area (Å²) in [5, 5.41) is 20.8. The van der Waals surface area contributed by atoms with E-state index in [-0.39, 0.29) is 30.2 Å². The van der Waals surface area contributed by atoms with Crippen LogP contribution in [0.4, 0.5) is 5.69 Å². The Morgan fingerprint density at radius 2 is 1.94 bits per heavy atom. The molecule has 2 aliphatic heterocycles. The number of aliphatic hydroxyl groups is 1. The average molecular weight is 424 g/mol. The van der Waals surface area contributed by atoms with Crippen LogP contribution in [0.2, 0.25) is 0 Å². The van der Waals surface area contributed by atoms with Crippen LogP contribution in [-0.2, 0) is 14.3 Å². The van der Waals surface area contributed by atoms with Gasteiger partial charge in [-0.05, 0) is 35.9 Å². The summed E-state index contributed by atoms with van der Waals surface area (Å²) in [6.07, 6.45) is 0. The second-order valence-electron chi connectivity index (χ2n) is 7.53. The summed E-state index contributed by atoms with van der Waals surface area (Å²) in [4.78, 5) is 29.1. The minimum Gasteiger partial charge on any atom is -0.508 e. The lowest BCUT2D eigenvalue weighted by Crippen LogP contribution is -2.32. The number of aromatic hydroxyl groups is 1. The maximum atomic E-state index is 13.0. The normalized spacial score (nSPS) is 20.0. The third-order valence-corrected chi connectivity index (χ3v) is 5.61. The topological polar surface area (TPSA) is 99.5 Å². The number of aliphatic hydroxyl groups excluding tert-OH is 1. The van der Waals surface area contributed by atoms with Crippen molar-refractivity contribution in [1.82, 2.24) is 4.90 Å². The third kappa shape index (κ3) is 3.70. The van der Waals surface area contributed by atoms with E-state index in [1.54, 1.807) is 30.3 Å². The Balaban J connectivity index is 1.84. The number of likely N-dealkylation sites (tertiary alicyclic amines) is 1. The predicted octanol–water partition coefficient (Wildman–Crippen LogP) is 2.29. The molecular formula is C23H24N2O6. The molecule has 31 heavy (non-hydrogen) atoms. The maximum Gasteiger partial charge on any atom is 0.295 e. The minimum atomic E-state index is -0.791. The van der Waals surface area contributed by atoms with E-state index in [1.807, 2.05) is 11.9 Å². The summed E-state index contributed by atoms with van der Waals surface area (Å²) in [7, 11) is 3.43. The van der Waals surface area contributed by atoms with Crippen molar-refractivity contribution in [3.63, 3.8) is 0 Å². The van der Waals surface area contributed by atoms with Crippen molar-refractivity contribution in [2.24, 2.45) is 0 Å². The van der Waals surface area contributed by atoms with Gasteiger partial charge in [-0.1, -0.05) is 12.1 Å². The maximum absolute atomic E-state index is 13.0. The highest BCUT2D eigenvalue weighted by Gasteiger charge is 2.45. The standard InChI is InChI=1S/C23H24N2O6/c1-24-9-12-31-18-8-5-15(13-17(18)24)21(27)19-20(14-3-6-16(26)7-4-14)25(10-11-30-2)23(29)22(19)28/h3-8,13,20,26-27H,9-12H2,1-2H3/b21-19-. The number of likely N-dealkylation sites (N-methyl/N-ethyl adjacent to an activating group) is 1. The Morgan fingerprint density at radius 1 is 1.19 bits per heavy atom.